The van der Waals surface area contributed by atoms with Crippen molar-refractivity contribution in [1.29, 1.82) is 0 Å². The van der Waals surface area contributed by atoms with Gasteiger partial charge >= 0.3 is 0 Å². The Morgan fingerprint density at radius 1 is 0.927 bits per heavy atom. The molecule has 9 nitrogen and oxygen atoms in total. The zero-order chi connectivity index (χ0) is 28.9. The summed E-state index contributed by atoms with van der Waals surface area (Å²) >= 11 is 0. The molecular formula is C32H37N7O2. The van der Waals surface area contributed by atoms with Crippen LogP contribution in [-0.4, -0.2) is 49.5 Å². The fourth-order valence-corrected chi connectivity index (χ4v) is 5.10. The smallest absolute Gasteiger partial charge is 0.146 e. The van der Waals surface area contributed by atoms with Gasteiger partial charge < -0.3 is 24.7 Å². The van der Waals surface area contributed by atoms with Crippen LogP contribution >= 0.6 is 0 Å². The Labute approximate surface area is 241 Å². The first-order chi connectivity index (χ1) is 19.9. The monoisotopic (exact) mass is 551 g/mol. The number of nitrogen functional groups attached to an aromatic ring is 1. The number of rotatable bonds is 7. The maximum Gasteiger partial charge on any atom is 0.146 e. The molecule has 9 heteroatoms. The number of aromatic nitrogens is 5. The van der Waals surface area contributed by atoms with Crippen LogP contribution in [0.4, 0.5) is 5.82 Å². The molecule has 2 aromatic carbocycles. The summed E-state index contributed by atoms with van der Waals surface area (Å²) in [7, 11) is 2.15. The van der Waals surface area contributed by atoms with Crippen molar-refractivity contribution in [1.82, 2.24) is 29.4 Å². The van der Waals surface area contributed by atoms with E-state index in [0.29, 0.717) is 24.2 Å². The minimum absolute atomic E-state index is 0.361. The second-order valence-corrected chi connectivity index (χ2v) is 10.1. The summed E-state index contributed by atoms with van der Waals surface area (Å²) < 4.78 is 14.4. The van der Waals surface area contributed by atoms with Gasteiger partial charge in [-0.1, -0.05) is 26.0 Å². The van der Waals surface area contributed by atoms with Crippen LogP contribution in [-0.2, 0) is 6.61 Å². The van der Waals surface area contributed by atoms with Crippen molar-refractivity contribution >= 4 is 16.9 Å². The molecule has 6 rings (SSSR count). The van der Waals surface area contributed by atoms with Crippen molar-refractivity contribution < 1.29 is 9.47 Å². The van der Waals surface area contributed by atoms with Crippen molar-refractivity contribution in [3.8, 4) is 28.4 Å². The minimum Gasteiger partial charge on any atom is -0.489 e. The fourth-order valence-electron chi connectivity index (χ4n) is 5.10. The summed E-state index contributed by atoms with van der Waals surface area (Å²) in [6.45, 7) is 10.3. The Morgan fingerprint density at radius 2 is 1.66 bits per heavy atom. The second-order valence-electron chi connectivity index (χ2n) is 10.1. The summed E-state index contributed by atoms with van der Waals surface area (Å²) in [5.41, 5.74) is 11.2. The van der Waals surface area contributed by atoms with E-state index < -0.39 is 0 Å². The normalized spacial score (nSPS) is 15.0. The zero-order valence-corrected chi connectivity index (χ0v) is 24.3. The number of nitrogens with two attached hydrogens (primary N) is 1. The SMILES string of the molecule is CC.Cc1cc(OCc2cnc(C)nc2)cc(Oc2ccc(-c3cn([C@@H]4CCN(C)C4)c4ncnc(N)c34)cc2)c1. The Hall–Kier alpha value is -4.50. The number of benzene rings is 2. The molecule has 1 aliphatic heterocycles. The molecule has 5 aromatic rings. The molecular weight excluding hydrogens is 514 g/mol. The van der Waals surface area contributed by atoms with Crippen molar-refractivity contribution in [3.05, 3.63) is 84.3 Å². The van der Waals surface area contributed by atoms with Crippen LogP contribution in [0.5, 0.6) is 17.2 Å². The number of hydrogen-bond donors (Lipinski definition) is 1. The van der Waals surface area contributed by atoms with Crippen LogP contribution in [0.1, 0.15) is 43.3 Å². The molecule has 2 N–H and O–H groups in total. The quantitative estimate of drug-likeness (QED) is 0.249. The molecule has 0 spiro atoms. The third-order valence-electron chi connectivity index (χ3n) is 7.06. The summed E-state index contributed by atoms with van der Waals surface area (Å²) in [6, 6.07) is 14.2. The van der Waals surface area contributed by atoms with Crippen LogP contribution < -0.4 is 15.2 Å². The standard InChI is InChI=1S/C30H31N7O2.C2H6/c1-19-10-25(38-17-21-13-32-20(2)33-14-21)12-26(11-19)39-24-6-4-22(5-7-24)27-16-37(23-8-9-36(3)15-23)30-28(27)29(31)34-18-35-30;1-2/h4-7,10-14,16,18,23H,8-9,15,17H2,1-3H3,(H2,31,34,35);1-2H3/t23-;/m1./s1. The Morgan fingerprint density at radius 3 is 2.37 bits per heavy atom. The number of anilines is 1. The van der Waals surface area contributed by atoms with Gasteiger partial charge in [0.05, 0.1) is 5.39 Å². The van der Waals surface area contributed by atoms with E-state index in [4.69, 9.17) is 15.2 Å². The zero-order valence-electron chi connectivity index (χ0n) is 24.3. The molecule has 1 saturated heterocycles. The molecule has 212 valence electrons. The Bertz CT molecular complexity index is 1610. The first-order valence-electron chi connectivity index (χ1n) is 14.0. The summed E-state index contributed by atoms with van der Waals surface area (Å²) in [5, 5.41) is 0.889. The van der Waals surface area contributed by atoms with Gasteiger partial charge in [-0.05, 0) is 69.3 Å². The number of likely N-dealkylation sites (tertiary alicyclic amines) is 1. The van der Waals surface area contributed by atoms with Gasteiger partial charge in [-0.25, -0.2) is 19.9 Å². The average Bonchev–Trinajstić information content (AvgIpc) is 3.58. The molecule has 0 radical (unpaired) electrons. The Balaban J connectivity index is 0.00000165. The number of nitrogens with zero attached hydrogens (tertiary/aromatic N) is 6. The summed E-state index contributed by atoms with van der Waals surface area (Å²) in [4.78, 5) is 19.7. The van der Waals surface area contributed by atoms with Gasteiger partial charge in [-0.15, -0.1) is 0 Å². The van der Waals surface area contributed by atoms with E-state index in [2.05, 4.69) is 42.6 Å². The number of ether oxygens (including phenoxy) is 2. The summed E-state index contributed by atoms with van der Waals surface area (Å²) in [5.74, 6) is 3.39. The van der Waals surface area contributed by atoms with Gasteiger partial charge in [0.15, 0.2) is 0 Å². The van der Waals surface area contributed by atoms with Gasteiger partial charge in [-0.3, -0.25) is 0 Å². The van der Waals surface area contributed by atoms with E-state index in [9.17, 15) is 0 Å². The largest absolute Gasteiger partial charge is 0.489 e. The lowest BCUT2D eigenvalue weighted by Crippen LogP contribution is -2.16. The van der Waals surface area contributed by atoms with E-state index >= 15 is 0 Å². The highest BCUT2D eigenvalue weighted by Crippen LogP contribution is 2.37. The third kappa shape index (κ3) is 6.30. The lowest BCUT2D eigenvalue weighted by Gasteiger charge is -2.13. The van der Waals surface area contributed by atoms with Gasteiger partial charge in [0.2, 0.25) is 0 Å². The number of hydrogen-bond acceptors (Lipinski definition) is 8. The minimum atomic E-state index is 0.361. The molecule has 0 saturated carbocycles. The highest BCUT2D eigenvalue weighted by Gasteiger charge is 2.25. The average molecular weight is 552 g/mol. The van der Waals surface area contributed by atoms with Crippen molar-refractivity contribution in [2.75, 3.05) is 25.9 Å². The van der Waals surface area contributed by atoms with Gasteiger partial charge in [-0.2, -0.15) is 0 Å². The Kier molecular flexibility index (Phi) is 8.45. The lowest BCUT2D eigenvalue weighted by molar-refractivity contribution is 0.303. The first-order valence-corrected chi connectivity index (χ1v) is 14.0. The molecule has 0 unspecified atom stereocenters. The molecule has 1 fully saturated rings. The summed E-state index contributed by atoms with van der Waals surface area (Å²) in [6.07, 6.45) is 8.35. The first kappa shape index (κ1) is 28.0. The van der Waals surface area contributed by atoms with E-state index in [1.54, 1.807) is 18.7 Å². The van der Waals surface area contributed by atoms with Crippen LogP contribution in [0, 0.1) is 13.8 Å². The second kappa shape index (κ2) is 12.3. The van der Waals surface area contributed by atoms with Gasteiger partial charge in [0.25, 0.3) is 0 Å². The fraction of sp³-hybridized carbons (Fsp3) is 0.312. The van der Waals surface area contributed by atoms with Crippen LogP contribution in [0.15, 0.2) is 67.4 Å². The van der Waals surface area contributed by atoms with E-state index in [1.165, 1.54) is 0 Å². The molecule has 1 aliphatic rings. The molecule has 0 aliphatic carbocycles. The third-order valence-corrected chi connectivity index (χ3v) is 7.06. The predicted octanol–water partition coefficient (Wildman–Crippen LogP) is 6.36. The number of fused-ring (bicyclic) bond motifs is 1. The maximum atomic E-state index is 6.34. The van der Waals surface area contributed by atoms with Gasteiger partial charge in [0, 0.05) is 48.4 Å². The lowest BCUT2D eigenvalue weighted by atomic mass is 10.1. The number of likely N-dealkylation sites (N-methyl/N-ethyl adjacent to an activating group) is 1. The van der Waals surface area contributed by atoms with Crippen molar-refractivity contribution in [3.63, 3.8) is 0 Å². The van der Waals surface area contributed by atoms with E-state index in [1.807, 2.05) is 70.2 Å². The van der Waals surface area contributed by atoms with E-state index in [0.717, 1.165) is 70.1 Å². The van der Waals surface area contributed by atoms with Crippen LogP contribution in [0.3, 0.4) is 0 Å². The number of aryl methyl sites for hydroxylation is 2. The molecule has 0 bridgehead atoms. The van der Waals surface area contributed by atoms with E-state index in [-0.39, 0.29) is 0 Å². The molecule has 4 heterocycles. The maximum absolute atomic E-state index is 6.34. The van der Waals surface area contributed by atoms with Gasteiger partial charge in [0.1, 0.15) is 47.5 Å². The molecule has 3 aromatic heterocycles. The predicted molar refractivity (Wildman–Crippen MR) is 162 cm³/mol. The highest BCUT2D eigenvalue weighted by molar-refractivity contribution is 6.00. The highest BCUT2D eigenvalue weighted by atomic mass is 16.5. The molecule has 1 atom stereocenters. The van der Waals surface area contributed by atoms with Crippen molar-refractivity contribution in [2.45, 2.75) is 46.8 Å². The van der Waals surface area contributed by atoms with Crippen molar-refractivity contribution in [2.24, 2.45) is 0 Å². The van der Waals surface area contributed by atoms with Crippen LogP contribution in [0.25, 0.3) is 22.2 Å². The molecule has 41 heavy (non-hydrogen) atoms. The molecule has 0 amide bonds. The topological polar surface area (TPSA) is 104 Å². The van der Waals surface area contributed by atoms with Crippen LogP contribution in [0.2, 0.25) is 0 Å².